The van der Waals surface area contributed by atoms with Gasteiger partial charge in [0, 0.05) is 29.7 Å². The summed E-state index contributed by atoms with van der Waals surface area (Å²) in [5, 5.41) is 3.04. The first-order chi connectivity index (χ1) is 8.54. The Morgan fingerprint density at radius 3 is 2.94 bits per heavy atom. The third-order valence-corrected chi connectivity index (χ3v) is 4.57. The molecule has 0 saturated carbocycles. The second-order valence-electron chi connectivity index (χ2n) is 4.34. The predicted octanol–water partition coefficient (Wildman–Crippen LogP) is 1.47. The minimum atomic E-state index is -0.0132. The molecule has 0 spiro atoms. The Morgan fingerprint density at radius 1 is 1.56 bits per heavy atom. The van der Waals surface area contributed by atoms with Gasteiger partial charge in [-0.15, -0.1) is 11.8 Å². The number of fused-ring (bicyclic) bond motifs is 1. The molecule has 0 aromatic carbocycles. The van der Waals surface area contributed by atoms with Gasteiger partial charge in [0.2, 0.25) is 0 Å². The van der Waals surface area contributed by atoms with E-state index in [1.807, 2.05) is 18.5 Å². The molecule has 1 aromatic rings. The van der Waals surface area contributed by atoms with Crippen LogP contribution in [0.3, 0.4) is 0 Å². The zero-order valence-corrected chi connectivity index (χ0v) is 13.0. The number of hydrogen-bond acceptors (Lipinski definition) is 3. The minimum absolute atomic E-state index is 0.0132. The van der Waals surface area contributed by atoms with E-state index < -0.39 is 0 Å². The SMILES string of the molecule is CSC1=N/C=c2/cc(Br)c(=O)n(C)/c2=C\CC1C. The summed E-state index contributed by atoms with van der Waals surface area (Å²) >= 11 is 4.97. The van der Waals surface area contributed by atoms with Crippen molar-refractivity contribution in [1.82, 2.24) is 4.57 Å². The molecule has 2 heterocycles. The Balaban J connectivity index is 2.79. The van der Waals surface area contributed by atoms with Crippen molar-refractivity contribution in [2.75, 3.05) is 6.26 Å². The highest BCUT2D eigenvalue weighted by Crippen LogP contribution is 2.15. The van der Waals surface area contributed by atoms with Gasteiger partial charge in [-0.25, -0.2) is 0 Å². The molecule has 5 heteroatoms. The van der Waals surface area contributed by atoms with Gasteiger partial charge in [0.15, 0.2) is 0 Å². The first-order valence-electron chi connectivity index (χ1n) is 5.72. The molecule has 1 unspecified atom stereocenters. The summed E-state index contributed by atoms with van der Waals surface area (Å²) in [6.45, 7) is 2.15. The fourth-order valence-corrected chi connectivity index (χ4v) is 3.17. The van der Waals surface area contributed by atoms with Gasteiger partial charge in [-0.05, 0) is 34.7 Å². The van der Waals surface area contributed by atoms with Crippen molar-refractivity contribution in [2.45, 2.75) is 13.3 Å². The molecule has 1 aliphatic heterocycles. The molecule has 0 fully saturated rings. The monoisotopic (exact) mass is 326 g/mol. The summed E-state index contributed by atoms with van der Waals surface area (Å²) in [4.78, 5) is 16.4. The second-order valence-corrected chi connectivity index (χ2v) is 6.02. The van der Waals surface area contributed by atoms with E-state index in [1.165, 1.54) is 0 Å². The number of halogens is 1. The molecule has 0 N–H and O–H groups in total. The highest BCUT2D eigenvalue weighted by molar-refractivity contribution is 9.10. The third kappa shape index (κ3) is 2.47. The molecule has 0 aliphatic carbocycles. The van der Waals surface area contributed by atoms with E-state index in [0.29, 0.717) is 10.4 Å². The van der Waals surface area contributed by atoms with Gasteiger partial charge in [-0.2, -0.15) is 0 Å². The van der Waals surface area contributed by atoms with E-state index in [-0.39, 0.29) is 5.56 Å². The van der Waals surface area contributed by atoms with Crippen molar-refractivity contribution in [1.29, 1.82) is 0 Å². The smallest absolute Gasteiger partial charge is 0.265 e. The van der Waals surface area contributed by atoms with Crippen LogP contribution in [-0.2, 0) is 7.05 Å². The highest BCUT2D eigenvalue weighted by atomic mass is 79.9. The predicted molar refractivity (Wildman–Crippen MR) is 82.3 cm³/mol. The topological polar surface area (TPSA) is 34.4 Å². The number of aromatic nitrogens is 1. The summed E-state index contributed by atoms with van der Waals surface area (Å²) in [5.41, 5.74) is -0.0132. The van der Waals surface area contributed by atoms with Crippen LogP contribution in [0.2, 0.25) is 0 Å². The second kappa shape index (κ2) is 5.45. The molecule has 18 heavy (non-hydrogen) atoms. The maximum atomic E-state index is 11.9. The summed E-state index contributed by atoms with van der Waals surface area (Å²) in [6, 6.07) is 1.84. The number of nitrogens with zero attached hydrogens (tertiary/aromatic N) is 2. The molecule has 2 rings (SSSR count). The molecule has 96 valence electrons. The van der Waals surface area contributed by atoms with Crippen molar-refractivity contribution in [2.24, 2.45) is 18.0 Å². The van der Waals surface area contributed by atoms with Crippen LogP contribution in [0, 0.1) is 5.92 Å². The van der Waals surface area contributed by atoms with Crippen LogP contribution in [0.1, 0.15) is 13.3 Å². The molecule has 0 saturated heterocycles. The normalized spacial score (nSPS) is 22.7. The first kappa shape index (κ1) is 13.6. The summed E-state index contributed by atoms with van der Waals surface area (Å²) in [5.74, 6) is 0.392. The van der Waals surface area contributed by atoms with E-state index in [2.05, 4.69) is 33.9 Å². The van der Waals surface area contributed by atoms with Crippen LogP contribution in [-0.4, -0.2) is 15.9 Å². The number of thioether (sulfide) groups is 1. The third-order valence-electron chi connectivity index (χ3n) is 3.07. The van der Waals surface area contributed by atoms with Crippen molar-refractivity contribution >= 4 is 45.0 Å². The van der Waals surface area contributed by atoms with E-state index >= 15 is 0 Å². The van der Waals surface area contributed by atoms with Gasteiger partial charge in [-0.1, -0.05) is 13.0 Å². The Bertz CT molecular complexity index is 675. The molecule has 0 bridgehead atoms. The van der Waals surface area contributed by atoms with Crippen molar-refractivity contribution in [3.05, 3.63) is 31.5 Å². The van der Waals surface area contributed by atoms with Gasteiger partial charge >= 0.3 is 0 Å². The molecule has 0 amide bonds. The lowest BCUT2D eigenvalue weighted by molar-refractivity contribution is 0.783. The van der Waals surface area contributed by atoms with E-state index in [0.717, 1.165) is 22.0 Å². The maximum absolute atomic E-state index is 11.9. The van der Waals surface area contributed by atoms with Crippen molar-refractivity contribution in [3.8, 4) is 0 Å². The lowest BCUT2D eigenvalue weighted by Crippen LogP contribution is -2.42. The van der Waals surface area contributed by atoms with Gasteiger partial charge in [0.1, 0.15) is 0 Å². The number of rotatable bonds is 0. The lowest BCUT2D eigenvalue weighted by atomic mass is 10.1. The zero-order valence-electron chi connectivity index (χ0n) is 10.6. The van der Waals surface area contributed by atoms with E-state index in [1.54, 1.807) is 23.4 Å². The van der Waals surface area contributed by atoms with E-state index in [4.69, 9.17) is 0 Å². The molecule has 3 nitrogen and oxygen atoms in total. The fraction of sp³-hybridized carbons (Fsp3) is 0.385. The average Bonchev–Trinajstić information content (AvgIpc) is 2.34. The van der Waals surface area contributed by atoms with Gasteiger partial charge in [0.25, 0.3) is 5.56 Å². The van der Waals surface area contributed by atoms with E-state index in [9.17, 15) is 4.79 Å². The maximum Gasteiger partial charge on any atom is 0.265 e. The van der Waals surface area contributed by atoms with Gasteiger partial charge < -0.3 is 4.57 Å². The van der Waals surface area contributed by atoms with Gasteiger partial charge in [-0.3, -0.25) is 9.79 Å². The average molecular weight is 327 g/mol. The largest absolute Gasteiger partial charge is 0.311 e. The number of pyridine rings is 1. The van der Waals surface area contributed by atoms with Crippen LogP contribution in [0.5, 0.6) is 0 Å². The first-order valence-corrected chi connectivity index (χ1v) is 7.74. The molecule has 1 aromatic heterocycles. The highest BCUT2D eigenvalue weighted by Gasteiger charge is 2.10. The molecule has 0 radical (unpaired) electrons. The fourth-order valence-electron chi connectivity index (χ4n) is 2.00. The Morgan fingerprint density at radius 2 is 2.28 bits per heavy atom. The van der Waals surface area contributed by atoms with Crippen molar-refractivity contribution < 1.29 is 0 Å². The van der Waals surface area contributed by atoms with Crippen LogP contribution >= 0.6 is 27.7 Å². The Labute approximate surface area is 118 Å². The van der Waals surface area contributed by atoms with Crippen LogP contribution < -0.4 is 16.1 Å². The summed E-state index contributed by atoms with van der Waals surface area (Å²) in [6.07, 6.45) is 6.91. The zero-order chi connectivity index (χ0) is 13.3. The lowest BCUT2D eigenvalue weighted by Gasteiger charge is -2.12. The van der Waals surface area contributed by atoms with Crippen molar-refractivity contribution in [3.63, 3.8) is 0 Å². The summed E-state index contributed by atoms with van der Waals surface area (Å²) < 4.78 is 2.24. The molecular formula is C13H15BrN2OS. The van der Waals surface area contributed by atoms with Crippen LogP contribution in [0.15, 0.2) is 20.3 Å². The molecule has 1 atom stereocenters. The Hall–Kier alpha value is -0.810. The Kier molecular flexibility index (Phi) is 4.12. The molecular weight excluding hydrogens is 312 g/mol. The minimum Gasteiger partial charge on any atom is -0.311 e. The van der Waals surface area contributed by atoms with Crippen LogP contribution in [0.25, 0.3) is 12.3 Å². The summed E-state index contributed by atoms with van der Waals surface area (Å²) in [7, 11) is 1.79. The standard InChI is InChI=1S/C13H15BrN2OS/c1-8-4-5-11-9(7-15-12(8)18-3)6-10(14)13(17)16(11)2/h5-8H,4H2,1-3H3/b9-7-,11-5-,15-12?. The number of hydrogen-bond donors (Lipinski definition) is 0. The van der Waals surface area contributed by atoms with Gasteiger partial charge in [0.05, 0.1) is 9.52 Å². The number of aliphatic imine (C=N–C) groups is 1. The molecule has 1 aliphatic rings. The quantitative estimate of drug-likeness (QED) is 0.723. The van der Waals surface area contributed by atoms with Crippen LogP contribution in [0.4, 0.5) is 0 Å².